The number of hydrogen-bond acceptors (Lipinski definition) is 2. The molecule has 2 nitrogen and oxygen atoms in total. The fourth-order valence-electron chi connectivity index (χ4n) is 2.42. The molecule has 3 heteroatoms. The maximum Gasteiger partial charge on any atom is 0.0815 e. The van der Waals surface area contributed by atoms with Crippen molar-refractivity contribution in [2.45, 2.75) is 63.4 Å². The minimum absolute atomic E-state index is 0.629. The minimum atomic E-state index is -1.12. The Hall–Kier alpha value is 0.137. The summed E-state index contributed by atoms with van der Waals surface area (Å²) in [5.41, 5.74) is 6.14. The van der Waals surface area contributed by atoms with E-state index in [1.54, 1.807) is 0 Å². The second-order valence-electron chi connectivity index (χ2n) is 5.44. The van der Waals surface area contributed by atoms with Gasteiger partial charge < -0.3 is 10.5 Å². The summed E-state index contributed by atoms with van der Waals surface area (Å²) in [4.78, 5) is 0. The first-order valence-corrected chi connectivity index (χ1v) is 9.77. The van der Waals surface area contributed by atoms with Crippen LogP contribution in [0, 0.1) is 0 Å². The molecule has 0 aromatic carbocycles. The molecule has 0 bridgehead atoms. The van der Waals surface area contributed by atoms with Gasteiger partial charge >= 0.3 is 0 Å². The van der Waals surface area contributed by atoms with Crippen LogP contribution in [0.5, 0.6) is 0 Å². The molecule has 90 valence electrons. The van der Waals surface area contributed by atoms with Crippen molar-refractivity contribution < 1.29 is 4.74 Å². The molecule has 0 spiro atoms. The minimum Gasteiger partial charge on any atom is -0.382 e. The zero-order valence-electron chi connectivity index (χ0n) is 10.4. The van der Waals surface area contributed by atoms with E-state index in [0.29, 0.717) is 5.73 Å². The number of rotatable bonds is 6. The Labute approximate surface area is 95.6 Å². The Morgan fingerprint density at radius 3 is 2.60 bits per heavy atom. The molecular weight excluding hydrogens is 202 g/mol. The molecule has 1 fully saturated rings. The van der Waals surface area contributed by atoms with Gasteiger partial charge in [-0.1, -0.05) is 32.0 Å². The largest absolute Gasteiger partial charge is 0.382 e. The van der Waals surface area contributed by atoms with Crippen LogP contribution in [0.2, 0.25) is 19.1 Å². The third-order valence-electron chi connectivity index (χ3n) is 3.58. The molecule has 1 unspecified atom stereocenters. The van der Waals surface area contributed by atoms with Crippen LogP contribution in [0.25, 0.3) is 0 Å². The van der Waals surface area contributed by atoms with E-state index in [1.165, 1.54) is 44.6 Å². The van der Waals surface area contributed by atoms with Crippen molar-refractivity contribution in [1.82, 2.24) is 0 Å². The second kappa shape index (κ2) is 6.66. The zero-order valence-corrected chi connectivity index (χ0v) is 11.4. The third-order valence-corrected chi connectivity index (χ3v) is 7.42. The number of nitrogens with two attached hydrogens (primary N) is 1. The van der Waals surface area contributed by atoms with E-state index in [4.69, 9.17) is 10.5 Å². The van der Waals surface area contributed by atoms with Crippen molar-refractivity contribution in [3.63, 3.8) is 0 Å². The van der Waals surface area contributed by atoms with E-state index >= 15 is 0 Å². The van der Waals surface area contributed by atoms with E-state index in [1.807, 2.05) is 0 Å². The average molecular weight is 229 g/mol. The number of hydrogen-bond donors (Lipinski definition) is 1. The summed E-state index contributed by atoms with van der Waals surface area (Å²) >= 11 is 0. The van der Waals surface area contributed by atoms with Gasteiger partial charge in [-0.15, -0.1) is 0 Å². The quantitative estimate of drug-likeness (QED) is 0.561. The molecule has 1 atom stereocenters. The third kappa shape index (κ3) is 4.66. The van der Waals surface area contributed by atoms with Crippen molar-refractivity contribution in [1.29, 1.82) is 0 Å². The Balaban J connectivity index is 2.23. The SMILES string of the molecule is C[Si](C)(CCCCCN)C1CCCCO1. The first kappa shape index (κ1) is 13.2. The Morgan fingerprint density at radius 2 is 2.00 bits per heavy atom. The van der Waals surface area contributed by atoms with Gasteiger partial charge in [-0.05, 0) is 32.2 Å². The molecule has 2 N–H and O–H groups in total. The fourth-order valence-corrected chi connectivity index (χ4v) is 5.46. The number of unbranched alkanes of at least 4 members (excludes halogenated alkanes) is 2. The highest BCUT2D eigenvalue weighted by molar-refractivity contribution is 6.78. The van der Waals surface area contributed by atoms with Gasteiger partial charge in [-0.25, -0.2) is 0 Å². The standard InChI is InChI=1S/C12H27NOSi/c1-15(2,11-7-3-5-9-13)12-8-4-6-10-14-12/h12H,3-11,13H2,1-2H3. The summed E-state index contributed by atoms with van der Waals surface area (Å²) in [5.74, 6) is 0. The summed E-state index contributed by atoms with van der Waals surface area (Å²) in [6.45, 7) is 6.84. The predicted molar refractivity (Wildman–Crippen MR) is 68.8 cm³/mol. The van der Waals surface area contributed by atoms with Gasteiger partial charge in [0.05, 0.1) is 8.07 Å². The molecule has 0 aliphatic carbocycles. The van der Waals surface area contributed by atoms with Crippen molar-refractivity contribution in [3.8, 4) is 0 Å². The van der Waals surface area contributed by atoms with Crippen LogP contribution >= 0.6 is 0 Å². The summed E-state index contributed by atoms with van der Waals surface area (Å²) < 4.78 is 5.94. The molecule has 1 aliphatic rings. The topological polar surface area (TPSA) is 35.2 Å². The lowest BCUT2D eigenvalue weighted by atomic mass is 10.2. The van der Waals surface area contributed by atoms with Crippen molar-refractivity contribution in [3.05, 3.63) is 0 Å². The van der Waals surface area contributed by atoms with Crippen LogP contribution in [-0.4, -0.2) is 27.0 Å². The van der Waals surface area contributed by atoms with E-state index in [-0.39, 0.29) is 0 Å². The molecule has 1 aliphatic heterocycles. The van der Waals surface area contributed by atoms with Crippen LogP contribution in [0.15, 0.2) is 0 Å². The van der Waals surface area contributed by atoms with Crippen LogP contribution in [-0.2, 0) is 4.74 Å². The van der Waals surface area contributed by atoms with Crippen LogP contribution < -0.4 is 5.73 Å². The van der Waals surface area contributed by atoms with Crippen molar-refractivity contribution in [2.24, 2.45) is 5.73 Å². The van der Waals surface area contributed by atoms with Gasteiger partial charge in [-0.3, -0.25) is 0 Å². The molecular formula is C12H27NOSi. The molecule has 0 radical (unpaired) electrons. The smallest absolute Gasteiger partial charge is 0.0815 e. The van der Waals surface area contributed by atoms with Gasteiger partial charge in [0.1, 0.15) is 0 Å². The van der Waals surface area contributed by atoms with Gasteiger partial charge in [0.2, 0.25) is 0 Å². The molecule has 0 aromatic heterocycles. The summed E-state index contributed by atoms with van der Waals surface area (Å²) in [5, 5.41) is 0. The molecule has 0 amide bonds. The monoisotopic (exact) mass is 229 g/mol. The first-order valence-electron chi connectivity index (χ1n) is 6.48. The highest BCUT2D eigenvalue weighted by Crippen LogP contribution is 2.27. The normalized spacial score (nSPS) is 23.0. The van der Waals surface area contributed by atoms with E-state index < -0.39 is 8.07 Å². The first-order chi connectivity index (χ1) is 7.17. The molecule has 15 heavy (non-hydrogen) atoms. The highest BCUT2D eigenvalue weighted by Gasteiger charge is 2.32. The van der Waals surface area contributed by atoms with E-state index in [0.717, 1.165) is 13.2 Å². The van der Waals surface area contributed by atoms with Crippen molar-refractivity contribution >= 4 is 8.07 Å². The van der Waals surface area contributed by atoms with Gasteiger partial charge in [-0.2, -0.15) is 0 Å². The Kier molecular flexibility index (Phi) is 5.86. The Morgan fingerprint density at radius 1 is 1.20 bits per heavy atom. The van der Waals surface area contributed by atoms with E-state index in [9.17, 15) is 0 Å². The zero-order chi connectivity index (χ0) is 11.1. The van der Waals surface area contributed by atoms with Gasteiger partial charge in [0.15, 0.2) is 0 Å². The lowest BCUT2D eigenvalue weighted by Crippen LogP contribution is -2.45. The van der Waals surface area contributed by atoms with Gasteiger partial charge in [0, 0.05) is 12.3 Å². The predicted octanol–water partition coefficient (Wildman–Crippen LogP) is 2.93. The lowest BCUT2D eigenvalue weighted by molar-refractivity contribution is 0.0597. The molecule has 0 aromatic rings. The molecule has 1 rings (SSSR count). The maximum absolute atomic E-state index is 5.94. The average Bonchev–Trinajstić information content (AvgIpc) is 2.26. The fraction of sp³-hybridized carbons (Fsp3) is 1.00. The van der Waals surface area contributed by atoms with Crippen LogP contribution in [0.3, 0.4) is 0 Å². The number of ether oxygens (including phenoxy) is 1. The van der Waals surface area contributed by atoms with Crippen molar-refractivity contribution in [2.75, 3.05) is 13.2 Å². The molecule has 0 saturated carbocycles. The molecule has 1 saturated heterocycles. The summed E-state index contributed by atoms with van der Waals surface area (Å²) in [7, 11) is -1.12. The summed E-state index contributed by atoms with van der Waals surface area (Å²) in [6.07, 6.45) is 7.82. The van der Waals surface area contributed by atoms with E-state index in [2.05, 4.69) is 13.1 Å². The van der Waals surface area contributed by atoms with Gasteiger partial charge in [0.25, 0.3) is 0 Å². The highest BCUT2D eigenvalue weighted by atomic mass is 28.3. The van der Waals surface area contributed by atoms with Crippen LogP contribution in [0.4, 0.5) is 0 Å². The molecule has 1 heterocycles. The lowest BCUT2D eigenvalue weighted by Gasteiger charge is -2.35. The Bertz CT molecular complexity index is 167. The summed E-state index contributed by atoms with van der Waals surface area (Å²) in [6, 6.07) is 1.41. The maximum atomic E-state index is 5.94. The van der Waals surface area contributed by atoms with Crippen LogP contribution in [0.1, 0.15) is 38.5 Å². The second-order valence-corrected chi connectivity index (χ2v) is 10.6.